The second-order valence-corrected chi connectivity index (χ2v) is 7.16. The Bertz CT molecular complexity index is 782. The highest BCUT2D eigenvalue weighted by Crippen LogP contribution is 2.28. The number of methoxy groups -OCH3 is 2. The normalized spacial score (nSPS) is 14.0. The largest absolute Gasteiger partial charge is 0.493 e. The van der Waals surface area contributed by atoms with Gasteiger partial charge in [-0.15, -0.1) is 0 Å². The van der Waals surface area contributed by atoms with Gasteiger partial charge in [-0.2, -0.15) is 0 Å². The fourth-order valence-electron chi connectivity index (χ4n) is 2.37. The molecule has 1 aromatic rings. The van der Waals surface area contributed by atoms with Crippen molar-refractivity contribution in [3.05, 3.63) is 60.0 Å². The molecule has 0 bridgehead atoms. The summed E-state index contributed by atoms with van der Waals surface area (Å²) in [4.78, 5) is 26.1. The van der Waals surface area contributed by atoms with Gasteiger partial charge in [0.05, 0.1) is 26.4 Å². The van der Waals surface area contributed by atoms with Gasteiger partial charge in [-0.25, -0.2) is 9.59 Å². The van der Waals surface area contributed by atoms with Crippen LogP contribution in [0.4, 0.5) is 5.69 Å². The molecule has 1 heterocycles. The van der Waals surface area contributed by atoms with Crippen molar-refractivity contribution in [2.45, 2.75) is 20.8 Å². The fourth-order valence-corrected chi connectivity index (χ4v) is 2.37. The summed E-state index contributed by atoms with van der Waals surface area (Å²) in [5.41, 5.74) is 0.925. The molecule has 0 atom stereocenters. The third-order valence-electron chi connectivity index (χ3n) is 3.68. The van der Waals surface area contributed by atoms with Gasteiger partial charge in [0.2, 0.25) is 0 Å². The topological polar surface area (TPSA) is 65.1 Å². The summed E-state index contributed by atoms with van der Waals surface area (Å²) in [6, 6.07) is 7.26. The molecule has 1 aliphatic rings. The van der Waals surface area contributed by atoms with E-state index in [1.807, 2.05) is 24.3 Å². The third-order valence-corrected chi connectivity index (χ3v) is 3.68. The number of hydrogen-bond donors (Lipinski definition) is 0. The highest BCUT2D eigenvalue weighted by molar-refractivity contribution is 6.05. The molecule has 27 heavy (non-hydrogen) atoms. The Kier molecular flexibility index (Phi) is 6.45. The zero-order chi connectivity index (χ0) is 20.0. The Morgan fingerprint density at radius 2 is 1.59 bits per heavy atom. The van der Waals surface area contributed by atoms with Gasteiger partial charge in [0.25, 0.3) is 0 Å². The number of ether oxygens (including phenoxy) is 3. The number of carbonyl (C=O) groups excluding carboxylic acids is 2. The minimum atomic E-state index is -0.639. The number of esters is 2. The fraction of sp³-hybridized carbons (Fsp3) is 0.333. The Morgan fingerprint density at radius 3 is 2.15 bits per heavy atom. The molecule has 0 aliphatic carbocycles. The van der Waals surface area contributed by atoms with E-state index in [2.05, 4.69) is 20.8 Å². The van der Waals surface area contributed by atoms with Crippen molar-refractivity contribution in [1.82, 2.24) is 0 Å². The van der Waals surface area contributed by atoms with E-state index in [1.165, 1.54) is 20.3 Å². The van der Waals surface area contributed by atoms with Crippen LogP contribution < -0.4 is 9.64 Å². The maximum Gasteiger partial charge on any atom is 0.355 e. The Labute approximate surface area is 159 Å². The van der Waals surface area contributed by atoms with Crippen LogP contribution in [0.1, 0.15) is 20.8 Å². The maximum atomic E-state index is 12.4. The molecule has 0 fully saturated rings. The first-order valence-corrected chi connectivity index (χ1v) is 8.54. The Balaban J connectivity index is 2.39. The molecule has 0 spiro atoms. The summed E-state index contributed by atoms with van der Waals surface area (Å²) in [5.74, 6) is -0.535. The van der Waals surface area contributed by atoms with E-state index in [0.717, 1.165) is 5.75 Å². The van der Waals surface area contributed by atoms with Crippen molar-refractivity contribution in [3.63, 3.8) is 0 Å². The molecule has 6 nitrogen and oxygen atoms in total. The molecule has 0 N–H and O–H groups in total. The van der Waals surface area contributed by atoms with Crippen LogP contribution in [0.15, 0.2) is 60.0 Å². The molecule has 0 saturated carbocycles. The lowest BCUT2D eigenvalue weighted by Gasteiger charge is -2.23. The van der Waals surface area contributed by atoms with E-state index in [-0.39, 0.29) is 16.7 Å². The molecule has 0 saturated heterocycles. The van der Waals surface area contributed by atoms with Crippen molar-refractivity contribution in [3.8, 4) is 5.75 Å². The van der Waals surface area contributed by atoms with Gasteiger partial charge >= 0.3 is 11.9 Å². The molecule has 6 heteroatoms. The minimum absolute atomic E-state index is 0.0497. The van der Waals surface area contributed by atoms with Gasteiger partial charge in [0.15, 0.2) is 0 Å². The van der Waals surface area contributed by atoms with Gasteiger partial charge in [-0.1, -0.05) is 26.8 Å². The average molecular weight is 371 g/mol. The lowest BCUT2D eigenvalue weighted by molar-refractivity contribution is -0.139. The number of rotatable bonds is 5. The van der Waals surface area contributed by atoms with E-state index < -0.39 is 11.9 Å². The predicted molar refractivity (Wildman–Crippen MR) is 103 cm³/mol. The summed E-state index contributed by atoms with van der Waals surface area (Å²) in [6.07, 6.45) is 6.60. The zero-order valence-electron chi connectivity index (χ0n) is 16.3. The first-order chi connectivity index (χ1) is 12.8. The lowest BCUT2D eigenvalue weighted by atomic mass is 9.99. The molecule has 2 rings (SSSR count). The van der Waals surface area contributed by atoms with Crippen LogP contribution in [0.2, 0.25) is 0 Å². The van der Waals surface area contributed by atoms with Crippen LogP contribution in [0, 0.1) is 5.41 Å². The third kappa shape index (κ3) is 5.23. The van der Waals surface area contributed by atoms with Gasteiger partial charge in [0, 0.05) is 11.9 Å². The quantitative estimate of drug-likeness (QED) is 0.737. The number of anilines is 1. The summed E-state index contributed by atoms with van der Waals surface area (Å²) in [5, 5.41) is 0. The van der Waals surface area contributed by atoms with Crippen molar-refractivity contribution in [2.24, 2.45) is 5.41 Å². The molecule has 0 unspecified atom stereocenters. The van der Waals surface area contributed by atoms with E-state index >= 15 is 0 Å². The number of hydrogen-bond acceptors (Lipinski definition) is 6. The highest BCUT2D eigenvalue weighted by atomic mass is 16.5. The number of benzene rings is 1. The SMILES string of the molecule is COC(=O)C1=C(C(=O)OC)N(c2ccc(OCC(C)(C)C)cc2)C=CC=C1. The highest BCUT2D eigenvalue weighted by Gasteiger charge is 2.27. The maximum absolute atomic E-state index is 12.4. The van der Waals surface area contributed by atoms with Gasteiger partial charge < -0.3 is 19.1 Å². The van der Waals surface area contributed by atoms with Gasteiger partial charge in [-0.3, -0.25) is 0 Å². The van der Waals surface area contributed by atoms with E-state index in [9.17, 15) is 9.59 Å². The van der Waals surface area contributed by atoms with Crippen LogP contribution in [0.5, 0.6) is 5.75 Å². The molecule has 0 radical (unpaired) electrons. The summed E-state index contributed by atoms with van der Waals surface area (Å²) in [7, 11) is 2.53. The first kappa shape index (κ1) is 20.3. The van der Waals surface area contributed by atoms with Crippen LogP contribution in [0.25, 0.3) is 0 Å². The van der Waals surface area contributed by atoms with E-state index in [4.69, 9.17) is 14.2 Å². The van der Waals surface area contributed by atoms with Crippen LogP contribution in [-0.2, 0) is 19.1 Å². The number of carbonyl (C=O) groups is 2. The zero-order valence-corrected chi connectivity index (χ0v) is 16.3. The summed E-state index contributed by atoms with van der Waals surface area (Å²) >= 11 is 0. The second kappa shape index (κ2) is 8.58. The lowest BCUT2D eigenvalue weighted by Crippen LogP contribution is -2.26. The summed E-state index contributed by atoms with van der Waals surface area (Å²) in [6.45, 7) is 6.87. The van der Waals surface area contributed by atoms with Crippen molar-refractivity contribution in [1.29, 1.82) is 0 Å². The molecule has 0 amide bonds. The standard InChI is InChI=1S/C21H25NO5/c1-21(2,3)14-27-16-11-9-15(10-12-16)22-13-7-6-8-17(19(23)25-4)18(22)20(24)26-5/h6-13H,14H2,1-5H3. The predicted octanol–water partition coefficient (Wildman–Crippen LogP) is 3.60. The minimum Gasteiger partial charge on any atom is -0.493 e. The van der Waals surface area contributed by atoms with E-state index in [1.54, 1.807) is 23.3 Å². The van der Waals surface area contributed by atoms with Crippen LogP contribution in [-0.4, -0.2) is 32.8 Å². The molecule has 144 valence electrons. The second-order valence-electron chi connectivity index (χ2n) is 7.16. The van der Waals surface area contributed by atoms with Crippen molar-refractivity contribution >= 4 is 17.6 Å². The number of nitrogens with zero attached hydrogens (tertiary/aromatic N) is 1. The van der Waals surface area contributed by atoms with Gasteiger partial charge in [-0.05, 0) is 41.8 Å². The van der Waals surface area contributed by atoms with Crippen molar-refractivity contribution < 1.29 is 23.8 Å². The smallest absolute Gasteiger partial charge is 0.355 e. The van der Waals surface area contributed by atoms with Gasteiger partial charge in [0.1, 0.15) is 11.4 Å². The molecule has 1 aromatic carbocycles. The Morgan fingerprint density at radius 1 is 0.963 bits per heavy atom. The monoisotopic (exact) mass is 371 g/mol. The Hall–Kier alpha value is -3.02. The average Bonchev–Trinajstić information content (AvgIpc) is 2.88. The van der Waals surface area contributed by atoms with Crippen LogP contribution in [0.3, 0.4) is 0 Å². The van der Waals surface area contributed by atoms with E-state index in [0.29, 0.717) is 12.3 Å². The number of allylic oxidation sites excluding steroid dienone is 2. The molecule has 1 aliphatic heterocycles. The van der Waals surface area contributed by atoms with Crippen LogP contribution >= 0.6 is 0 Å². The van der Waals surface area contributed by atoms with Crippen molar-refractivity contribution in [2.75, 3.05) is 25.7 Å². The molecule has 0 aromatic heterocycles. The molecular weight excluding hydrogens is 346 g/mol. The first-order valence-electron chi connectivity index (χ1n) is 8.54. The summed E-state index contributed by atoms with van der Waals surface area (Å²) < 4.78 is 15.5. The molecular formula is C21H25NO5.